The van der Waals surface area contributed by atoms with Gasteiger partial charge in [-0.05, 0) is 19.4 Å². The van der Waals surface area contributed by atoms with Crippen molar-refractivity contribution in [1.29, 1.82) is 0 Å². The molecule has 0 saturated carbocycles. The monoisotopic (exact) mass is 191 g/mol. The van der Waals surface area contributed by atoms with Crippen LogP contribution in [0.3, 0.4) is 0 Å². The van der Waals surface area contributed by atoms with E-state index in [0.29, 0.717) is 6.04 Å². The van der Waals surface area contributed by atoms with Gasteiger partial charge >= 0.3 is 0 Å². The minimum absolute atomic E-state index is 0.163. The first-order chi connectivity index (χ1) is 6.79. The Labute approximate surface area is 85.5 Å². The summed E-state index contributed by atoms with van der Waals surface area (Å²) < 4.78 is 5.74. The molecule has 0 N–H and O–H groups in total. The first kappa shape index (κ1) is 9.69. The number of rotatable bonds is 2. The van der Waals surface area contributed by atoms with Gasteiger partial charge < -0.3 is 4.74 Å². The molecule has 76 valence electrons. The van der Waals surface area contributed by atoms with Gasteiger partial charge in [-0.2, -0.15) is 0 Å². The Hall–Kier alpha value is -0.860. The summed E-state index contributed by atoms with van der Waals surface area (Å²) in [4.78, 5) is 2.38. The number of ether oxygens (including phenoxy) is 1. The Bertz CT molecular complexity index is 284. The molecule has 1 aromatic carbocycles. The molecule has 0 spiro atoms. The molecule has 0 aromatic heterocycles. The fraction of sp³-hybridized carbons (Fsp3) is 0.500. The SMILES string of the molecule is CC(C)N1CCO[C@H]1c1ccccc1. The van der Waals surface area contributed by atoms with Crippen LogP contribution in [0.4, 0.5) is 0 Å². The molecule has 2 heteroatoms. The fourth-order valence-electron chi connectivity index (χ4n) is 1.92. The lowest BCUT2D eigenvalue weighted by molar-refractivity contribution is 0.0181. The maximum Gasteiger partial charge on any atom is 0.137 e. The molecule has 1 saturated heterocycles. The smallest absolute Gasteiger partial charge is 0.137 e. The summed E-state index contributed by atoms with van der Waals surface area (Å²) in [6.07, 6.45) is 0.163. The highest BCUT2D eigenvalue weighted by Crippen LogP contribution is 2.28. The van der Waals surface area contributed by atoms with E-state index in [0.717, 1.165) is 13.2 Å². The molecule has 2 nitrogen and oxygen atoms in total. The quantitative estimate of drug-likeness (QED) is 0.712. The van der Waals surface area contributed by atoms with E-state index in [1.807, 2.05) is 6.07 Å². The van der Waals surface area contributed by atoms with Crippen LogP contribution in [0.15, 0.2) is 30.3 Å². The zero-order chi connectivity index (χ0) is 9.97. The molecule has 1 heterocycles. The van der Waals surface area contributed by atoms with E-state index < -0.39 is 0 Å². The van der Waals surface area contributed by atoms with E-state index in [4.69, 9.17) is 4.74 Å². The Kier molecular flexibility index (Phi) is 2.85. The van der Waals surface area contributed by atoms with Crippen LogP contribution in [-0.4, -0.2) is 24.1 Å². The maximum absolute atomic E-state index is 5.74. The number of nitrogens with zero attached hydrogens (tertiary/aromatic N) is 1. The van der Waals surface area contributed by atoms with Gasteiger partial charge in [-0.3, -0.25) is 4.90 Å². The lowest BCUT2D eigenvalue weighted by atomic mass is 10.1. The third-order valence-electron chi connectivity index (χ3n) is 2.67. The highest BCUT2D eigenvalue weighted by Gasteiger charge is 2.28. The third kappa shape index (κ3) is 1.81. The van der Waals surface area contributed by atoms with Crippen molar-refractivity contribution in [2.45, 2.75) is 26.1 Å². The summed E-state index contributed by atoms with van der Waals surface area (Å²) in [5.41, 5.74) is 1.26. The highest BCUT2D eigenvalue weighted by molar-refractivity contribution is 5.18. The number of benzene rings is 1. The van der Waals surface area contributed by atoms with Crippen molar-refractivity contribution in [2.24, 2.45) is 0 Å². The molecule has 1 atom stereocenters. The zero-order valence-corrected chi connectivity index (χ0v) is 8.81. The number of hydrogen-bond acceptors (Lipinski definition) is 2. The second-order valence-corrected chi connectivity index (χ2v) is 3.97. The van der Waals surface area contributed by atoms with Gasteiger partial charge in [0.15, 0.2) is 0 Å². The van der Waals surface area contributed by atoms with Crippen molar-refractivity contribution < 1.29 is 4.74 Å². The second-order valence-electron chi connectivity index (χ2n) is 3.97. The van der Waals surface area contributed by atoms with Crippen molar-refractivity contribution in [1.82, 2.24) is 4.90 Å². The van der Waals surface area contributed by atoms with E-state index in [1.54, 1.807) is 0 Å². The fourth-order valence-corrected chi connectivity index (χ4v) is 1.92. The molecule has 1 fully saturated rings. The zero-order valence-electron chi connectivity index (χ0n) is 8.81. The van der Waals surface area contributed by atoms with Crippen LogP contribution in [0.25, 0.3) is 0 Å². The molecule has 1 aliphatic rings. The lowest BCUT2D eigenvalue weighted by Crippen LogP contribution is -2.30. The molecule has 0 bridgehead atoms. The average molecular weight is 191 g/mol. The standard InChI is InChI=1S/C12H17NO/c1-10(2)13-8-9-14-12(13)11-6-4-3-5-7-11/h3-7,10,12H,8-9H2,1-2H3/t12-/m0/s1. The molecular formula is C12H17NO. The minimum Gasteiger partial charge on any atom is -0.358 e. The average Bonchev–Trinajstić information content (AvgIpc) is 2.67. The molecule has 1 aromatic rings. The molecule has 1 aliphatic heterocycles. The normalized spacial score (nSPS) is 23.2. The van der Waals surface area contributed by atoms with Gasteiger partial charge in [0.1, 0.15) is 6.23 Å². The summed E-state index contributed by atoms with van der Waals surface area (Å²) >= 11 is 0. The lowest BCUT2D eigenvalue weighted by Gasteiger charge is -2.26. The van der Waals surface area contributed by atoms with Crippen LogP contribution in [0, 0.1) is 0 Å². The second kappa shape index (κ2) is 4.11. The van der Waals surface area contributed by atoms with E-state index in [9.17, 15) is 0 Å². The number of hydrogen-bond donors (Lipinski definition) is 0. The highest BCUT2D eigenvalue weighted by atomic mass is 16.5. The molecule has 2 rings (SSSR count). The first-order valence-electron chi connectivity index (χ1n) is 5.21. The van der Waals surface area contributed by atoms with Gasteiger partial charge in [-0.15, -0.1) is 0 Å². The van der Waals surface area contributed by atoms with E-state index >= 15 is 0 Å². The van der Waals surface area contributed by atoms with Gasteiger partial charge in [-0.1, -0.05) is 30.3 Å². The Balaban J connectivity index is 2.18. The predicted octanol–water partition coefficient (Wildman–Crippen LogP) is 2.43. The summed E-state index contributed by atoms with van der Waals surface area (Å²) in [6, 6.07) is 11.0. The third-order valence-corrected chi connectivity index (χ3v) is 2.67. The van der Waals surface area contributed by atoms with Crippen LogP contribution in [-0.2, 0) is 4.74 Å². The molecule has 0 amide bonds. The van der Waals surface area contributed by atoms with E-state index in [-0.39, 0.29) is 6.23 Å². The molecule has 0 unspecified atom stereocenters. The maximum atomic E-state index is 5.74. The van der Waals surface area contributed by atoms with Gasteiger partial charge in [0.05, 0.1) is 6.61 Å². The molecular weight excluding hydrogens is 174 g/mol. The largest absolute Gasteiger partial charge is 0.358 e. The molecule has 14 heavy (non-hydrogen) atoms. The van der Waals surface area contributed by atoms with Crippen molar-refractivity contribution in [2.75, 3.05) is 13.2 Å². The van der Waals surface area contributed by atoms with Crippen molar-refractivity contribution >= 4 is 0 Å². The van der Waals surface area contributed by atoms with Crippen molar-refractivity contribution in [3.05, 3.63) is 35.9 Å². The van der Waals surface area contributed by atoms with Crippen LogP contribution >= 0.6 is 0 Å². The van der Waals surface area contributed by atoms with Gasteiger partial charge in [0.25, 0.3) is 0 Å². The van der Waals surface area contributed by atoms with Crippen LogP contribution < -0.4 is 0 Å². The Morgan fingerprint density at radius 2 is 2.00 bits per heavy atom. The summed E-state index contributed by atoms with van der Waals surface area (Å²) in [6.45, 7) is 6.31. The van der Waals surface area contributed by atoms with Gasteiger partial charge in [-0.25, -0.2) is 0 Å². The first-order valence-corrected chi connectivity index (χ1v) is 5.21. The van der Waals surface area contributed by atoms with Crippen molar-refractivity contribution in [3.8, 4) is 0 Å². The topological polar surface area (TPSA) is 12.5 Å². The Morgan fingerprint density at radius 1 is 1.29 bits per heavy atom. The summed E-state index contributed by atoms with van der Waals surface area (Å²) in [5, 5.41) is 0. The van der Waals surface area contributed by atoms with Crippen LogP contribution in [0.2, 0.25) is 0 Å². The van der Waals surface area contributed by atoms with E-state index in [2.05, 4.69) is 43.0 Å². The molecule has 0 aliphatic carbocycles. The van der Waals surface area contributed by atoms with Gasteiger partial charge in [0, 0.05) is 12.6 Å². The summed E-state index contributed by atoms with van der Waals surface area (Å²) in [7, 11) is 0. The molecule has 0 radical (unpaired) electrons. The van der Waals surface area contributed by atoms with Gasteiger partial charge in [0.2, 0.25) is 0 Å². The van der Waals surface area contributed by atoms with Crippen LogP contribution in [0.1, 0.15) is 25.6 Å². The predicted molar refractivity (Wildman–Crippen MR) is 57.0 cm³/mol. The Morgan fingerprint density at radius 3 is 2.64 bits per heavy atom. The summed E-state index contributed by atoms with van der Waals surface area (Å²) in [5.74, 6) is 0. The van der Waals surface area contributed by atoms with E-state index in [1.165, 1.54) is 5.56 Å². The van der Waals surface area contributed by atoms with Crippen molar-refractivity contribution in [3.63, 3.8) is 0 Å². The van der Waals surface area contributed by atoms with Crippen LogP contribution in [0.5, 0.6) is 0 Å². The minimum atomic E-state index is 0.163.